The largest absolute Gasteiger partial charge is 0.309 e. The van der Waals surface area contributed by atoms with Crippen molar-refractivity contribution in [2.45, 2.75) is 45.6 Å². The van der Waals surface area contributed by atoms with E-state index in [0.717, 1.165) is 31.1 Å². The highest BCUT2D eigenvalue weighted by molar-refractivity contribution is 5.10. The molecule has 1 aliphatic heterocycles. The third-order valence-corrected chi connectivity index (χ3v) is 4.40. The van der Waals surface area contributed by atoms with Crippen LogP contribution in [0.5, 0.6) is 0 Å². The van der Waals surface area contributed by atoms with E-state index in [0.29, 0.717) is 0 Å². The third kappa shape index (κ3) is 5.36. The number of hydrogen-bond acceptors (Lipinski definition) is 3. The molecule has 1 fully saturated rings. The minimum atomic E-state index is -0.268. The molecule has 0 spiro atoms. The molecule has 0 amide bonds. The smallest absolute Gasteiger partial charge is 0.141 e. The maximum Gasteiger partial charge on any atom is 0.141 e. The van der Waals surface area contributed by atoms with Crippen LogP contribution in [0.3, 0.4) is 0 Å². The van der Waals surface area contributed by atoms with Crippen molar-refractivity contribution in [1.82, 2.24) is 15.2 Å². The van der Waals surface area contributed by atoms with Gasteiger partial charge in [0.1, 0.15) is 5.82 Å². The first kappa shape index (κ1) is 16.4. The van der Waals surface area contributed by atoms with Gasteiger partial charge >= 0.3 is 0 Å². The van der Waals surface area contributed by atoms with Gasteiger partial charge < -0.3 is 10.2 Å². The molecule has 0 aromatic carbocycles. The molecule has 0 aliphatic carbocycles. The number of pyridine rings is 1. The second kappa shape index (κ2) is 8.44. The van der Waals surface area contributed by atoms with Crippen molar-refractivity contribution >= 4 is 0 Å². The summed E-state index contributed by atoms with van der Waals surface area (Å²) in [5.41, 5.74) is 0.946. The topological polar surface area (TPSA) is 28.2 Å². The lowest BCUT2D eigenvalue weighted by Gasteiger charge is -2.24. The SMILES string of the molecule is CCNC(CCN1CCCC(C)CC1)c1ccc(F)cn1. The van der Waals surface area contributed by atoms with Gasteiger partial charge in [-0.25, -0.2) is 4.39 Å². The Kier molecular flexibility index (Phi) is 6.58. The Balaban J connectivity index is 1.89. The predicted octanol–water partition coefficient (Wildman–Crippen LogP) is 3.38. The number of likely N-dealkylation sites (tertiary alicyclic amines) is 1. The van der Waals surface area contributed by atoms with E-state index in [2.05, 4.69) is 29.0 Å². The van der Waals surface area contributed by atoms with Crippen molar-refractivity contribution in [2.75, 3.05) is 26.2 Å². The van der Waals surface area contributed by atoms with E-state index in [4.69, 9.17) is 0 Å². The molecule has 118 valence electrons. The summed E-state index contributed by atoms with van der Waals surface area (Å²) in [7, 11) is 0. The fourth-order valence-corrected chi connectivity index (χ4v) is 3.05. The van der Waals surface area contributed by atoms with Gasteiger partial charge in [-0.1, -0.05) is 13.8 Å². The number of hydrogen-bond donors (Lipinski definition) is 1. The summed E-state index contributed by atoms with van der Waals surface area (Å²) in [5.74, 6) is 0.592. The van der Waals surface area contributed by atoms with Crippen LogP contribution in [-0.2, 0) is 0 Å². The predicted molar refractivity (Wildman–Crippen MR) is 84.7 cm³/mol. The van der Waals surface area contributed by atoms with Crippen molar-refractivity contribution in [2.24, 2.45) is 5.92 Å². The van der Waals surface area contributed by atoms with E-state index in [1.165, 1.54) is 44.6 Å². The first-order valence-electron chi connectivity index (χ1n) is 8.26. The molecule has 0 saturated carbocycles. The van der Waals surface area contributed by atoms with Gasteiger partial charge in [0.15, 0.2) is 0 Å². The van der Waals surface area contributed by atoms with E-state index < -0.39 is 0 Å². The second-order valence-corrected chi connectivity index (χ2v) is 6.18. The van der Waals surface area contributed by atoms with Gasteiger partial charge in [0.25, 0.3) is 0 Å². The highest BCUT2D eigenvalue weighted by atomic mass is 19.1. The molecule has 1 N–H and O–H groups in total. The lowest BCUT2D eigenvalue weighted by molar-refractivity contribution is 0.263. The summed E-state index contributed by atoms with van der Waals surface area (Å²) >= 11 is 0. The zero-order chi connectivity index (χ0) is 15.1. The van der Waals surface area contributed by atoms with Crippen LogP contribution in [0.4, 0.5) is 4.39 Å². The lowest BCUT2D eigenvalue weighted by atomic mass is 10.0. The van der Waals surface area contributed by atoms with Crippen LogP contribution >= 0.6 is 0 Å². The maximum atomic E-state index is 13.0. The molecule has 1 saturated heterocycles. The Labute approximate surface area is 127 Å². The van der Waals surface area contributed by atoms with Crippen molar-refractivity contribution in [3.63, 3.8) is 0 Å². The van der Waals surface area contributed by atoms with Crippen LogP contribution in [0.1, 0.15) is 51.3 Å². The summed E-state index contributed by atoms with van der Waals surface area (Å²) in [5, 5.41) is 3.47. The number of aromatic nitrogens is 1. The Morgan fingerprint density at radius 1 is 1.38 bits per heavy atom. The van der Waals surface area contributed by atoms with Crippen LogP contribution in [0.15, 0.2) is 18.3 Å². The Bertz CT molecular complexity index is 407. The first-order chi connectivity index (χ1) is 10.2. The van der Waals surface area contributed by atoms with Gasteiger partial charge in [-0.05, 0) is 69.9 Å². The monoisotopic (exact) mass is 293 g/mol. The number of halogens is 1. The van der Waals surface area contributed by atoms with E-state index in [1.807, 2.05) is 0 Å². The molecule has 21 heavy (non-hydrogen) atoms. The molecule has 0 radical (unpaired) electrons. The maximum absolute atomic E-state index is 13.0. The molecule has 2 heterocycles. The fourth-order valence-electron chi connectivity index (χ4n) is 3.05. The number of nitrogens with one attached hydrogen (secondary N) is 1. The van der Waals surface area contributed by atoms with Gasteiger partial charge in [-0.3, -0.25) is 4.98 Å². The van der Waals surface area contributed by atoms with Crippen molar-refractivity contribution < 1.29 is 4.39 Å². The van der Waals surface area contributed by atoms with Crippen molar-refractivity contribution in [3.05, 3.63) is 29.8 Å². The molecule has 2 rings (SSSR count). The van der Waals surface area contributed by atoms with Crippen LogP contribution in [0, 0.1) is 11.7 Å². The second-order valence-electron chi connectivity index (χ2n) is 6.18. The average molecular weight is 293 g/mol. The van der Waals surface area contributed by atoms with Crippen LogP contribution < -0.4 is 5.32 Å². The minimum absolute atomic E-state index is 0.219. The molecule has 2 unspecified atom stereocenters. The molecule has 1 aromatic heterocycles. The standard InChI is InChI=1S/C17H28FN3/c1-3-19-17(16-7-6-15(18)13-20-16)9-12-21-10-4-5-14(2)8-11-21/h6-7,13-14,17,19H,3-5,8-12H2,1-2H3. The quantitative estimate of drug-likeness (QED) is 0.871. The normalized spacial score (nSPS) is 22.0. The van der Waals surface area contributed by atoms with E-state index in [1.54, 1.807) is 6.07 Å². The van der Waals surface area contributed by atoms with Crippen LogP contribution in [0.25, 0.3) is 0 Å². The third-order valence-electron chi connectivity index (χ3n) is 4.40. The Morgan fingerprint density at radius 2 is 2.24 bits per heavy atom. The summed E-state index contributed by atoms with van der Waals surface area (Å²) in [6.07, 6.45) is 6.31. The summed E-state index contributed by atoms with van der Waals surface area (Å²) in [4.78, 5) is 6.80. The summed E-state index contributed by atoms with van der Waals surface area (Å²) in [6.45, 7) is 8.86. The van der Waals surface area contributed by atoms with Crippen LogP contribution in [-0.4, -0.2) is 36.1 Å². The molecule has 4 heteroatoms. The van der Waals surface area contributed by atoms with Gasteiger partial charge in [0.2, 0.25) is 0 Å². The average Bonchev–Trinajstić information content (AvgIpc) is 2.69. The van der Waals surface area contributed by atoms with E-state index in [-0.39, 0.29) is 11.9 Å². The van der Waals surface area contributed by atoms with Crippen molar-refractivity contribution in [1.29, 1.82) is 0 Å². The molecular formula is C17H28FN3. The highest BCUT2D eigenvalue weighted by Crippen LogP contribution is 2.19. The molecule has 1 aromatic rings. The highest BCUT2D eigenvalue weighted by Gasteiger charge is 2.17. The molecule has 2 atom stereocenters. The zero-order valence-electron chi connectivity index (χ0n) is 13.3. The van der Waals surface area contributed by atoms with E-state index in [9.17, 15) is 4.39 Å². The summed E-state index contributed by atoms with van der Waals surface area (Å²) in [6, 6.07) is 3.52. The number of rotatable bonds is 6. The van der Waals surface area contributed by atoms with Gasteiger partial charge in [-0.15, -0.1) is 0 Å². The molecule has 3 nitrogen and oxygen atoms in total. The lowest BCUT2D eigenvalue weighted by Crippen LogP contribution is -2.30. The van der Waals surface area contributed by atoms with Gasteiger partial charge in [0, 0.05) is 0 Å². The first-order valence-corrected chi connectivity index (χ1v) is 8.26. The number of nitrogens with zero attached hydrogens (tertiary/aromatic N) is 2. The van der Waals surface area contributed by atoms with E-state index >= 15 is 0 Å². The molecule has 0 bridgehead atoms. The Morgan fingerprint density at radius 3 is 2.95 bits per heavy atom. The summed E-state index contributed by atoms with van der Waals surface area (Å²) < 4.78 is 13.0. The van der Waals surface area contributed by atoms with Gasteiger partial charge in [-0.2, -0.15) is 0 Å². The Hall–Kier alpha value is -1.00. The zero-order valence-corrected chi connectivity index (χ0v) is 13.3. The van der Waals surface area contributed by atoms with Gasteiger partial charge in [0.05, 0.1) is 17.9 Å². The van der Waals surface area contributed by atoms with Crippen molar-refractivity contribution in [3.8, 4) is 0 Å². The fraction of sp³-hybridized carbons (Fsp3) is 0.706. The minimum Gasteiger partial charge on any atom is -0.309 e. The molecular weight excluding hydrogens is 265 g/mol. The van der Waals surface area contributed by atoms with Crippen LogP contribution in [0.2, 0.25) is 0 Å². The molecule has 1 aliphatic rings.